The van der Waals surface area contributed by atoms with E-state index in [-0.39, 0.29) is 11.5 Å². The van der Waals surface area contributed by atoms with E-state index in [9.17, 15) is 18.0 Å². The Kier molecular flexibility index (Phi) is 9.09. The molecule has 3 nitrogen and oxygen atoms in total. The average Bonchev–Trinajstić information content (AvgIpc) is 2.68. The normalized spacial score (nSPS) is 11.8. The molecule has 0 aliphatic carbocycles. The highest BCUT2D eigenvalue weighted by Crippen LogP contribution is 2.24. The molecular weight excluding hydrogens is 391 g/mol. The van der Waals surface area contributed by atoms with E-state index in [1.807, 2.05) is 19.1 Å². The Morgan fingerprint density at radius 3 is 2.57 bits per heavy atom. The van der Waals surface area contributed by atoms with Gasteiger partial charge in [0.15, 0.2) is 5.78 Å². The second kappa shape index (κ2) is 11.5. The maximum atomic E-state index is 12.4. The number of aliphatic imine (C=N–C) groups is 1. The number of rotatable bonds is 11. The number of hydrogen-bond acceptors (Lipinski definition) is 3. The van der Waals surface area contributed by atoms with Gasteiger partial charge in [0, 0.05) is 24.6 Å². The fourth-order valence-corrected chi connectivity index (χ4v) is 3.07. The molecule has 0 aliphatic rings. The van der Waals surface area contributed by atoms with Crippen LogP contribution in [0.5, 0.6) is 5.75 Å². The summed E-state index contributed by atoms with van der Waals surface area (Å²) in [6.07, 6.45) is 3.28. The Balaban J connectivity index is 1.98. The summed E-state index contributed by atoms with van der Waals surface area (Å²) in [6.45, 7) is 4.07. The third-order valence-electron chi connectivity index (χ3n) is 4.73. The third kappa shape index (κ3) is 8.39. The molecule has 0 bridgehead atoms. The maximum Gasteiger partial charge on any atom is 0.573 e. The van der Waals surface area contributed by atoms with Crippen molar-refractivity contribution in [2.45, 2.75) is 65.2 Å². The molecule has 2 rings (SSSR count). The topological polar surface area (TPSA) is 38.7 Å². The molecule has 0 heterocycles. The molecule has 0 amide bonds. The fraction of sp³-hybridized carbons (Fsp3) is 0.417. The second-order valence-corrected chi connectivity index (χ2v) is 7.30. The molecule has 0 N–H and O–H groups in total. The fourth-order valence-electron chi connectivity index (χ4n) is 3.07. The first-order valence-corrected chi connectivity index (χ1v) is 10.3. The number of halogens is 3. The number of benzene rings is 2. The number of unbranched alkanes of at least 4 members (excludes halogenated alkanes) is 4. The standard InChI is InChI=1S/C24H28F3NO2/c1-3-4-5-6-7-11-23(29)20-13-12-18(2)22(17-20)28-15-14-19-9-8-10-21(16-19)30-24(25,26)27/h8-10,12-13,15-17H,3-7,11,14H2,1-2H3. The van der Waals surface area contributed by atoms with Gasteiger partial charge in [-0.15, -0.1) is 13.2 Å². The van der Waals surface area contributed by atoms with E-state index >= 15 is 0 Å². The van der Waals surface area contributed by atoms with Crippen molar-refractivity contribution in [2.75, 3.05) is 0 Å². The first-order chi connectivity index (χ1) is 14.3. The van der Waals surface area contributed by atoms with E-state index in [0.717, 1.165) is 24.8 Å². The molecule has 162 valence electrons. The Bertz CT molecular complexity index is 860. The van der Waals surface area contributed by atoms with E-state index in [0.29, 0.717) is 29.7 Å². The SMILES string of the molecule is CCCCCCCC(=O)c1ccc(C)c(N=CCc2cccc(OC(F)(F)F)c2)c1. The molecule has 0 saturated carbocycles. The third-order valence-corrected chi connectivity index (χ3v) is 4.73. The highest BCUT2D eigenvalue weighted by molar-refractivity contribution is 5.97. The van der Waals surface area contributed by atoms with Crippen LogP contribution in [0.25, 0.3) is 0 Å². The molecule has 0 atom stereocenters. The van der Waals surface area contributed by atoms with E-state index in [2.05, 4.69) is 16.7 Å². The quantitative estimate of drug-likeness (QED) is 0.216. The lowest BCUT2D eigenvalue weighted by atomic mass is 10.0. The summed E-state index contributed by atoms with van der Waals surface area (Å²) >= 11 is 0. The molecule has 0 unspecified atom stereocenters. The van der Waals surface area contributed by atoms with Crippen LogP contribution in [0.4, 0.5) is 18.9 Å². The van der Waals surface area contributed by atoms with Crippen molar-refractivity contribution in [1.29, 1.82) is 0 Å². The Hall–Kier alpha value is -2.63. The molecule has 30 heavy (non-hydrogen) atoms. The first kappa shape index (κ1) is 23.6. The van der Waals surface area contributed by atoms with Crippen molar-refractivity contribution in [1.82, 2.24) is 0 Å². The molecule has 0 radical (unpaired) electrons. The largest absolute Gasteiger partial charge is 0.573 e. The smallest absolute Gasteiger partial charge is 0.406 e. The maximum absolute atomic E-state index is 12.4. The van der Waals surface area contributed by atoms with Crippen LogP contribution in [-0.4, -0.2) is 18.4 Å². The van der Waals surface area contributed by atoms with Crippen LogP contribution in [-0.2, 0) is 6.42 Å². The average molecular weight is 419 g/mol. The molecule has 2 aromatic carbocycles. The lowest BCUT2D eigenvalue weighted by Gasteiger charge is -2.09. The van der Waals surface area contributed by atoms with Gasteiger partial charge in [-0.3, -0.25) is 9.79 Å². The number of nitrogens with zero attached hydrogens (tertiary/aromatic N) is 1. The molecule has 0 aliphatic heterocycles. The molecule has 0 aromatic heterocycles. The van der Waals surface area contributed by atoms with Crippen molar-refractivity contribution in [3.05, 3.63) is 59.2 Å². The summed E-state index contributed by atoms with van der Waals surface area (Å²) in [5.74, 6) is -0.143. The number of carbonyl (C=O) groups is 1. The molecule has 2 aromatic rings. The van der Waals surface area contributed by atoms with Crippen molar-refractivity contribution < 1.29 is 22.7 Å². The van der Waals surface area contributed by atoms with E-state index in [1.165, 1.54) is 31.0 Å². The first-order valence-electron chi connectivity index (χ1n) is 10.3. The van der Waals surface area contributed by atoms with Crippen LogP contribution in [0.2, 0.25) is 0 Å². The second-order valence-electron chi connectivity index (χ2n) is 7.30. The zero-order chi connectivity index (χ0) is 22.0. The molecular formula is C24H28F3NO2. The van der Waals surface area contributed by atoms with Crippen molar-refractivity contribution in [2.24, 2.45) is 4.99 Å². The number of carbonyl (C=O) groups excluding carboxylic acids is 1. The number of hydrogen-bond donors (Lipinski definition) is 0. The summed E-state index contributed by atoms with van der Waals surface area (Å²) in [6, 6.07) is 11.3. The van der Waals surface area contributed by atoms with Crippen LogP contribution >= 0.6 is 0 Å². The van der Waals surface area contributed by atoms with Crippen LogP contribution in [0.15, 0.2) is 47.5 Å². The van der Waals surface area contributed by atoms with Gasteiger partial charge in [0.05, 0.1) is 5.69 Å². The molecule has 0 saturated heterocycles. The van der Waals surface area contributed by atoms with Gasteiger partial charge in [-0.25, -0.2) is 0 Å². The van der Waals surface area contributed by atoms with Gasteiger partial charge in [0.2, 0.25) is 0 Å². The van der Waals surface area contributed by atoms with Crippen LogP contribution in [0.1, 0.15) is 66.9 Å². The molecule has 0 spiro atoms. The predicted octanol–water partition coefficient (Wildman–Crippen LogP) is 7.38. The predicted molar refractivity (Wildman–Crippen MR) is 114 cm³/mol. The highest BCUT2D eigenvalue weighted by atomic mass is 19.4. The molecule has 0 fully saturated rings. The number of ketones is 1. The van der Waals surface area contributed by atoms with Crippen LogP contribution in [0, 0.1) is 6.92 Å². The zero-order valence-corrected chi connectivity index (χ0v) is 17.5. The minimum absolute atomic E-state index is 0.111. The van der Waals surface area contributed by atoms with Crippen LogP contribution < -0.4 is 4.74 Å². The summed E-state index contributed by atoms with van der Waals surface area (Å²) in [5, 5.41) is 0. The van der Waals surface area contributed by atoms with Gasteiger partial charge in [-0.05, 0) is 42.7 Å². The van der Waals surface area contributed by atoms with Gasteiger partial charge >= 0.3 is 6.36 Å². The van der Waals surface area contributed by atoms with E-state index < -0.39 is 6.36 Å². The minimum Gasteiger partial charge on any atom is -0.406 e. The summed E-state index contributed by atoms with van der Waals surface area (Å²) < 4.78 is 41.0. The van der Waals surface area contributed by atoms with Crippen molar-refractivity contribution >= 4 is 17.7 Å². The van der Waals surface area contributed by atoms with Gasteiger partial charge in [-0.2, -0.15) is 0 Å². The lowest BCUT2D eigenvalue weighted by Crippen LogP contribution is -2.17. The Labute approximate surface area is 176 Å². The van der Waals surface area contributed by atoms with Crippen molar-refractivity contribution in [3.63, 3.8) is 0 Å². The van der Waals surface area contributed by atoms with E-state index in [1.54, 1.807) is 18.3 Å². The zero-order valence-electron chi connectivity index (χ0n) is 17.5. The highest BCUT2D eigenvalue weighted by Gasteiger charge is 2.31. The number of alkyl halides is 3. The van der Waals surface area contributed by atoms with E-state index in [4.69, 9.17) is 0 Å². The minimum atomic E-state index is -4.72. The number of aryl methyl sites for hydroxylation is 1. The van der Waals surface area contributed by atoms with Gasteiger partial charge in [0.1, 0.15) is 5.75 Å². The number of Topliss-reactive ketones (excluding diaryl/α,β-unsaturated/α-hetero) is 1. The van der Waals surface area contributed by atoms with Gasteiger partial charge in [0.25, 0.3) is 0 Å². The summed E-state index contributed by atoms with van der Waals surface area (Å²) in [4.78, 5) is 16.9. The van der Waals surface area contributed by atoms with Gasteiger partial charge in [-0.1, -0.05) is 56.9 Å². The lowest BCUT2D eigenvalue weighted by molar-refractivity contribution is -0.274. The monoisotopic (exact) mass is 419 g/mol. The van der Waals surface area contributed by atoms with Gasteiger partial charge < -0.3 is 4.74 Å². The number of ether oxygens (including phenoxy) is 1. The summed E-state index contributed by atoms with van der Waals surface area (Å²) in [7, 11) is 0. The van der Waals surface area contributed by atoms with Crippen molar-refractivity contribution in [3.8, 4) is 5.75 Å². The summed E-state index contributed by atoms with van der Waals surface area (Å²) in [5.41, 5.74) is 2.91. The molecule has 6 heteroatoms. The Morgan fingerprint density at radius 1 is 1.07 bits per heavy atom. The Morgan fingerprint density at radius 2 is 1.83 bits per heavy atom. The van der Waals surface area contributed by atoms with Crippen LogP contribution in [0.3, 0.4) is 0 Å².